The maximum absolute atomic E-state index is 12.4. The molecular weight excluding hydrogens is 338 g/mol. The van der Waals surface area contributed by atoms with Gasteiger partial charge in [0.05, 0.1) is 41.0 Å². The molecule has 0 aliphatic rings. The summed E-state index contributed by atoms with van der Waals surface area (Å²) in [5.74, 6) is 0.415. The van der Waals surface area contributed by atoms with E-state index in [1.807, 2.05) is 24.3 Å². The molecule has 0 unspecified atom stereocenters. The zero-order chi connectivity index (χ0) is 17.6. The van der Waals surface area contributed by atoms with Crippen molar-refractivity contribution >= 4 is 34.6 Å². The number of hydrogen-bond acceptors (Lipinski definition) is 4. The molecule has 6 heteroatoms. The van der Waals surface area contributed by atoms with E-state index in [0.717, 1.165) is 5.69 Å². The first kappa shape index (κ1) is 16.8. The van der Waals surface area contributed by atoms with Crippen LogP contribution in [0.2, 0.25) is 5.02 Å². The van der Waals surface area contributed by atoms with E-state index in [1.165, 1.54) is 6.20 Å². The van der Waals surface area contributed by atoms with Gasteiger partial charge in [-0.25, -0.2) is 0 Å². The number of nitrogens with zero attached hydrogens (tertiary/aromatic N) is 1. The number of carbonyl (C=O) groups excluding carboxylic acids is 1. The van der Waals surface area contributed by atoms with Crippen LogP contribution in [0.25, 0.3) is 0 Å². The number of aromatic nitrogens is 1. The molecule has 2 aromatic carbocycles. The second-order valence-corrected chi connectivity index (χ2v) is 5.63. The fraction of sp³-hybridized carbons (Fsp3) is 0.0526. The van der Waals surface area contributed by atoms with Crippen molar-refractivity contribution in [1.29, 1.82) is 0 Å². The Morgan fingerprint density at radius 2 is 1.76 bits per heavy atom. The number of para-hydroxylation sites is 3. The summed E-state index contributed by atoms with van der Waals surface area (Å²) in [4.78, 5) is 16.6. The Morgan fingerprint density at radius 3 is 2.52 bits per heavy atom. The predicted molar refractivity (Wildman–Crippen MR) is 99.9 cm³/mol. The molecule has 0 saturated heterocycles. The highest BCUT2D eigenvalue weighted by Gasteiger charge is 2.10. The summed E-state index contributed by atoms with van der Waals surface area (Å²) < 4.78 is 5.31. The van der Waals surface area contributed by atoms with Crippen molar-refractivity contribution < 1.29 is 9.53 Å². The van der Waals surface area contributed by atoms with Gasteiger partial charge in [-0.3, -0.25) is 9.78 Å². The van der Waals surface area contributed by atoms with Crippen molar-refractivity contribution in [2.24, 2.45) is 0 Å². The average Bonchev–Trinajstić information content (AvgIpc) is 2.64. The first-order valence-corrected chi connectivity index (χ1v) is 7.96. The van der Waals surface area contributed by atoms with Gasteiger partial charge in [0.1, 0.15) is 5.75 Å². The van der Waals surface area contributed by atoms with Crippen LogP contribution >= 0.6 is 11.6 Å². The lowest BCUT2D eigenvalue weighted by atomic mass is 10.2. The second kappa shape index (κ2) is 7.68. The first-order valence-electron chi connectivity index (χ1n) is 7.58. The van der Waals surface area contributed by atoms with Crippen LogP contribution in [0.4, 0.5) is 17.1 Å². The summed E-state index contributed by atoms with van der Waals surface area (Å²) in [6.07, 6.45) is 3.14. The van der Waals surface area contributed by atoms with Crippen molar-refractivity contribution in [1.82, 2.24) is 4.98 Å². The molecule has 25 heavy (non-hydrogen) atoms. The average molecular weight is 354 g/mol. The lowest BCUT2D eigenvalue weighted by Gasteiger charge is -2.12. The second-order valence-electron chi connectivity index (χ2n) is 5.22. The Labute approximate surface area is 150 Å². The zero-order valence-corrected chi connectivity index (χ0v) is 14.2. The third kappa shape index (κ3) is 4.08. The van der Waals surface area contributed by atoms with Crippen LogP contribution in [-0.2, 0) is 0 Å². The summed E-state index contributed by atoms with van der Waals surface area (Å²) >= 11 is 6.07. The van der Waals surface area contributed by atoms with Crippen LogP contribution in [-0.4, -0.2) is 18.0 Å². The summed E-state index contributed by atoms with van der Waals surface area (Å²) in [5, 5.41) is 6.46. The molecule has 0 saturated carbocycles. The molecule has 5 nitrogen and oxygen atoms in total. The number of anilines is 3. The van der Waals surface area contributed by atoms with Crippen LogP contribution in [0.3, 0.4) is 0 Å². The Hall–Kier alpha value is -3.05. The molecule has 0 aliphatic carbocycles. The summed E-state index contributed by atoms with van der Waals surface area (Å²) in [6, 6.07) is 16.3. The van der Waals surface area contributed by atoms with Crippen molar-refractivity contribution in [3.63, 3.8) is 0 Å². The van der Waals surface area contributed by atoms with Gasteiger partial charge >= 0.3 is 0 Å². The normalized spacial score (nSPS) is 10.2. The minimum atomic E-state index is -0.288. The van der Waals surface area contributed by atoms with Gasteiger partial charge in [-0.2, -0.15) is 0 Å². The molecule has 1 aromatic heterocycles. The number of pyridine rings is 1. The van der Waals surface area contributed by atoms with Crippen LogP contribution in [0, 0.1) is 0 Å². The largest absolute Gasteiger partial charge is 0.495 e. The van der Waals surface area contributed by atoms with Gasteiger partial charge < -0.3 is 15.4 Å². The van der Waals surface area contributed by atoms with Gasteiger partial charge in [0.15, 0.2) is 0 Å². The molecule has 126 valence electrons. The Bertz CT molecular complexity index is 899. The zero-order valence-electron chi connectivity index (χ0n) is 13.5. The highest BCUT2D eigenvalue weighted by atomic mass is 35.5. The summed E-state index contributed by atoms with van der Waals surface area (Å²) in [6.45, 7) is 0. The minimum Gasteiger partial charge on any atom is -0.495 e. The van der Waals surface area contributed by atoms with Crippen molar-refractivity contribution in [3.8, 4) is 5.75 Å². The molecule has 0 aliphatic heterocycles. The van der Waals surface area contributed by atoms with Crippen LogP contribution < -0.4 is 15.4 Å². The lowest BCUT2D eigenvalue weighted by Crippen LogP contribution is -2.12. The molecular formula is C19H16ClN3O2. The van der Waals surface area contributed by atoms with E-state index in [2.05, 4.69) is 15.6 Å². The maximum atomic E-state index is 12.4. The van der Waals surface area contributed by atoms with Crippen LogP contribution in [0.15, 0.2) is 67.0 Å². The van der Waals surface area contributed by atoms with E-state index >= 15 is 0 Å². The van der Waals surface area contributed by atoms with E-state index < -0.39 is 0 Å². The number of nitrogens with one attached hydrogen (secondary N) is 2. The number of halogens is 1. The predicted octanol–water partition coefficient (Wildman–Crippen LogP) is 4.74. The van der Waals surface area contributed by atoms with Gasteiger partial charge in [-0.15, -0.1) is 0 Å². The lowest BCUT2D eigenvalue weighted by molar-refractivity contribution is 0.102. The van der Waals surface area contributed by atoms with E-state index in [-0.39, 0.29) is 5.91 Å². The molecule has 0 fully saturated rings. The molecule has 3 aromatic rings. The molecule has 2 N–H and O–H groups in total. The minimum absolute atomic E-state index is 0.288. The van der Waals surface area contributed by atoms with Gasteiger partial charge in [0.25, 0.3) is 5.91 Å². The van der Waals surface area contributed by atoms with E-state index in [4.69, 9.17) is 16.3 Å². The van der Waals surface area contributed by atoms with Crippen molar-refractivity contribution in [3.05, 3.63) is 77.6 Å². The number of amides is 1. The van der Waals surface area contributed by atoms with Crippen molar-refractivity contribution in [2.45, 2.75) is 0 Å². The Balaban J connectivity index is 1.79. The van der Waals surface area contributed by atoms with E-state index in [9.17, 15) is 4.79 Å². The highest BCUT2D eigenvalue weighted by Crippen LogP contribution is 2.27. The Kier molecular flexibility index (Phi) is 5.16. The van der Waals surface area contributed by atoms with Gasteiger partial charge in [0.2, 0.25) is 0 Å². The quantitative estimate of drug-likeness (QED) is 0.695. The molecule has 0 radical (unpaired) electrons. The number of benzene rings is 2. The van der Waals surface area contributed by atoms with Gasteiger partial charge in [-0.1, -0.05) is 35.9 Å². The molecule has 3 rings (SSSR count). The monoisotopic (exact) mass is 353 g/mol. The topological polar surface area (TPSA) is 63.2 Å². The fourth-order valence-corrected chi connectivity index (χ4v) is 2.48. The standard InChI is InChI=1S/C19H16ClN3O2/c1-25-18-9-5-4-8-17(18)22-14-10-13(11-21-12-14)19(24)23-16-7-3-2-6-15(16)20/h2-12,22H,1H3,(H,23,24). The number of rotatable bonds is 5. The van der Waals surface area contributed by atoms with Crippen LogP contribution in [0.1, 0.15) is 10.4 Å². The molecule has 0 bridgehead atoms. The first-order chi connectivity index (χ1) is 12.2. The van der Waals surface area contributed by atoms with E-state index in [0.29, 0.717) is 27.7 Å². The molecule has 0 spiro atoms. The van der Waals surface area contributed by atoms with Crippen molar-refractivity contribution in [2.75, 3.05) is 17.7 Å². The molecule has 1 heterocycles. The summed E-state index contributed by atoms with van der Waals surface area (Å²) in [7, 11) is 1.60. The Morgan fingerprint density at radius 1 is 1.04 bits per heavy atom. The van der Waals surface area contributed by atoms with Gasteiger partial charge in [0, 0.05) is 6.20 Å². The molecule has 1 amide bonds. The summed E-state index contributed by atoms with van der Waals surface area (Å²) in [5.41, 5.74) is 2.43. The number of carbonyl (C=O) groups is 1. The number of methoxy groups -OCH3 is 1. The third-order valence-electron chi connectivity index (χ3n) is 3.51. The maximum Gasteiger partial charge on any atom is 0.257 e. The molecule has 0 atom stereocenters. The number of ether oxygens (including phenoxy) is 1. The highest BCUT2D eigenvalue weighted by molar-refractivity contribution is 6.33. The van der Waals surface area contributed by atoms with E-state index in [1.54, 1.807) is 43.6 Å². The number of hydrogen-bond donors (Lipinski definition) is 2. The third-order valence-corrected chi connectivity index (χ3v) is 3.84. The fourth-order valence-electron chi connectivity index (χ4n) is 2.29. The van der Waals surface area contributed by atoms with Crippen LogP contribution in [0.5, 0.6) is 5.75 Å². The van der Waals surface area contributed by atoms with Gasteiger partial charge in [-0.05, 0) is 30.3 Å². The SMILES string of the molecule is COc1ccccc1Nc1cncc(C(=O)Nc2ccccc2Cl)c1. The smallest absolute Gasteiger partial charge is 0.257 e.